The Morgan fingerprint density at radius 3 is 1.72 bits per heavy atom. The molecule has 16 heteroatoms. The van der Waals surface area contributed by atoms with Crippen molar-refractivity contribution in [3.05, 3.63) is 91.0 Å². The number of carbonyl (C=O) groups is 5. The number of ether oxygens (including phenoxy) is 6. The molecule has 0 radical (unpaired) electrons. The number of carbonyl (C=O) groups excluding carboxylic acids is 5. The van der Waals surface area contributed by atoms with Gasteiger partial charge in [0.05, 0.1) is 25.4 Å². The van der Waals surface area contributed by atoms with Crippen LogP contribution in [0.15, 0.2) is 79.9 Å². The first-order valence-corrected chi connectivity index (χ1v) is 16.6. The average molecular weight is 769 g/mol. The zero-order valence-corrected chi connectivity index (χ0v) is 29.5. The Balaban J connectivity index is 1.66. The fraction of sp³-hybridized carbons (Fsp3) is 0.395. The Morgan fingerprint density at radius 1 is 0.648 bits per heavy atom. The summed E-state index contributed by atoms with van der Waals surface area (Å²) in [5.41, 5.74) is -0.686. The quantitative estimate of drug-likeness (QED) is 0.0279. The molecule has 2 aromatic rings. The van der Waals surface area contributed by atoms with E-state index in [0.717, 1.165) is 12.2 Å². The molecule has 0 saturated heterocycles. The summed E-state index contributed by atoms with van der Waals surface area (Å²) in [5, 5.41) is 0. The Morgan fingerprint density at radius 2 is 1.19 bits per heavy atom. The second-order valence-corrected chi connectivity index (χ2v) is 11.9. The highest BCUT2D eigenvalue weighted by molar-refractivity contribution is 5.91. The van der Waals surface area contributed by atoms with Crippen LogP contribution in [0.4, 0.5) is 22.0 Å². The molecule has 0 atom stereocenters. The summed E-state index contributed by atoms with van der Waals surface area (Å²) in [5.74, 6) is -7.92. The van der Waals surface area contributed by atoms with Crippen LogP contribution in [0.3, 0.4) is 0 Å². The maximum atomic E-state index is 13.0. The zero-order valence-electron chi connectivity index (χ0n) is 29.5. The van der Waals surface area contributed by atoms with Crippen LogP contribution in [0.1, 0.15) is 61.4 Å². The van der Waals surface area contributed by atoms with E-state index in [1.165, 1.54) is 55.5 Å². The largest absolute Gasteiger partial charge is 0.494 e. The number of hydrogen-bond donors (Lipinski definition) is 0. The first kappa shape index (κ1) is 44.6. The minimum Gasteiger partial charge on any atom is -0.494 e. The Bertz CT molecular complexity index is 1580. The molecule has 0 fully saturated rings. The summed E-state index contributed by atoms with van der Waals surface area (Å²) in [6, 6.07) is 11.6. The molecule has 0 bridgehead atoms. The van der Waals surface area contributed by atoms with Gasteiger partial charge in [0.1, 0.15) is 30.1 Å². The van der Waals surface area contributed by atoms with Gasteiger partial charge >= 0.3 is 41.9 Å². The summed E-state index contributed by atoms with van der Waals surface area (Å²) < 4.78 is 93.6. The summed E-state index contributed by atoms with van der Waals surface area (Å²) >= 11 is 0. The summed E-state index contributed by atoms with van der Waals surface area (Å²) in [7, 11) is 0. The van der Waals surface area contributed by atoms with Gasteiger partial charge in [0.2, 0.25) is 0 Å². The third-order valence-corrected chi connectivity index (χ3v) is 7.32. The maximum absolute atomic E-state index is 13.0. The van der Waals surface area contributed by atoms with Crippen molar-refractivity contribution in [2.45, 2.75) is 57.5 Å². The van der Waals surface area contributed by atoms with E-state index in [-0.39, 0.29) is 50.1 Å². The second-order valence-electron chi connectivity index (χ2n) is 11.9. The highest BCUT2D eigenvalue weighted by atomic mass is 19.4. The van der Waals surface area contributed by atoms with Crippen LogP contribution in [-0.2, 0) is 38.1 Å². The first-order chi connectivity index (χ1) is 25.5. The van der Waals surface area contributed by atoms with Crippen LogP contribution in [-0.4, -0.2) is 75.0 Å². The van der Waals surface area contributed by atoms with Crippen molar-refractivity contribution in [3.63, 3.8) is 0 Å². The molecule has 294 valence electrons. The molecule has 0 aliphatic heterocycles. The lowest BCUT2D eigenvalue weighted by Crippen LogP contribution is -2.40. The molecule has 0 amide bonds. The van der Waals surface area contributed by atoms with Crippen molar-refractivity contribution < 1.29 is 74.3 Å². The number of esters is 5. The third-order valence-electron chi connectivity index (χ3n) is 7.32. The molecule has 0 aliphatic carbocycles. The van der Waals surface area contributed by atoms with Gasteiger partial charge in [-0.25, -0.2) is 19.2 Å². The molecule has 0 aliphatic rings. The fourth-order valence-corrected chi connectivity index (χ4v) is 4.15. The lowest BCUT2D eigenvalue weighted by atomic mass is 9.93. The van der Waals surface area contributed by atoms with Crippen LogP contribution in [0.2, 0.25) is 0 Å². The van der Waals surface area contributed by atoms with Gasteiger partial charge in [0.25, 0.3) is 0 Å². The van der Waals surface area contributed by atoms with Crippen LogP contribution >= 0.6 is 0 Å². The summed E-state index contributed by atoms with van der Waals surface area (Å²) in [6.07, 6.45) is -0.538. The van der Waals surface area contributed by atoms with Gasteiger partial charge in [-0.05, 0) is 87.1 Å². The van der Waals surface area contributed by atoms with Gasteiger partial charge < -0.3 is 28.4 Å². The van der Waals surface area contributed by atoms with Gasteiger partial charge in [-0.3, -0.25) is 4.79 Å². The van der Waals surface area contributed by atoms with Crippen LogP contribution in [0, 0.1) is 5.41 Å². The van der Waals surface area contributed by atoms with E-state index >= 15 is 0 Å². The van der Waals surface area contributed by atoms with E-state index < -0.39 is 60.2 Å². The van der Waals surface area contributed by atoms with E-state index in [4.69, 9.17) is 28.4 Å². The molecular formula is C38H41F5O11. The number of alkyl halides is 5. The van der Waals surface area contributed by atoms with E-state index in [0.29, 0.717) is 31.2 Å². The predicted molar refractivity (Wildman–Crippen MR) is 183 cm³/mol. The van der Waals surface area contributed by atoms with Crippen molar-refractivity contribution in [1.29, 1.82) is 0 Å². The number of halogens is 5. The number of benzene rings is 2. The summed E-state index contributed by atoms with van der Waals surface area (Å²) in [6.45, 7) is 7.08. The molecular weight excluding hydrogens is 727 g/mol. The second kappa shape index (κ2) is 21.9. The molecule has 0 aromatic heterocycles. The zero-order chi connectivity index (χ0) is 40.2. The molecule has 0 spiro atoms. The maximum Gasteiger partial charge on any atom is 0.453 e. The van der Waals surface area contributed by atoms with Gasteiger partial charge in [-0.15, -0.1) is 0 Å². The van der Waals surface area contributed by atoms with Crippen molar-refractivity contribution >= 4 is 35.9 Å². The van der Waals surface area contributed by atoms with Gasteiger partial charge in [0.15, 0.2) is 0 Å². The third kappa shape index (κ3) is 16.0. The Hall–Kier alpha value is -5.54. The standard InChI is InChI=1S/C38H41F5O11/c1-4-31(44)52-25-36(3,26-53-32(45)5-2)35(48)51-23-9-7-6-8-22-50-33(46)20-13-27-11-16-30(17-12-27)54-34(47)28-14-18-29(19-15-28)49-24-10-21-37(39,40)38(41,42)43/h4-5,11-20H,1-2,6-10,21-26H2,3H3. The van der Waals surface area contributed by atoms with E-state index in [1.54, 1.807) is 12.1 Å². The predicted octanol–water partition coefficient (Wildman–Crippen LogP) is 7.39. The Kier molecular flexibility index (Phi) is 18.1. The number of hydrogen-bond acceptors (Lipinski definition) is 11. The summed E-state index contributed by atoms with van der Waals surface area (Å²) in [4.78, 5) is 60.1. The van der Waals surface area contributed by atoms with Crippen LogP contribution in [0.25, 0.3) is 6.08 Å². The molecule has 0 N–H and O–H groups in total. The minimum atomic E-state index is -5.62. The van der Waals surface area contributed by atoms with Crippen LogP contribution in [0.5, 0.6) is 11.5 Å². The lowest BCUT2D eigenvalue weighted by molar-refractivity contribution is -0.284. The normalized spacial score (nSPS) is 11.7. The van der Waals surface area contributed by atoms with Gasteiger partial charge in [-0.2, -0.15) is 22.0 Å². The molecule has 2 rings (SSSR count). The number of rotatable bonds is 23. The molecule has 11 nitrogen and oxygen atoms in total. The SMILES string of the molecule is C=CC(=O)OCC(C)(COC(=O)C=C)C(=O)OCCCCCCOC(=O)C=Cc1ccc(OC(=O)c2ccc(OCCCC(F)(F)C(F)(F)F)cc2)cc1. The van der Waals surface area contributed by atoms with Crippen molar-refractivity contribution in [3.8, 4) is 11.5 Å². The smallest absolute Gasteiger partial charge is 0.453 e. The molecule has 0 saturated carbocycles. The Labute approximate surface area is 308 Å². The van der Waals surface area contributed by atoms with Gasteiger partial charge in [0, 0.05) is 24.6 Å². The molecule has 54 heavy (non-hydrogen) atoms. The highest BCUT2D eigenvalue weighted by Crippen LogP contribution is 2.38. The molecule has 2 aromatic carbocycles. The monoisotopic (exact) mass is 768 g/mol. The van der Waals surface area contributed by atoms with Crippen molar-refractivity contribution in [2.75, 3.05) is 33.0 Å². The van der Waals surface area contributed by atoms with E-state index in [9.17, 15) is 45.9 Å². The topological polar surface area (TPSA) is 141 Å². The minimum absolute atomic E-state index is 0.0682. The molecule has 0 unspecified atom stereocenters. The van der Waals surface area contributed by atoms with E-state index in [2.05, 4.69) is 13.2 Å². The average Bonchev–Trinajstić information content (AvgIpc) is 3.14. The first-order valence-electron chi connectivity index (χ1n) is 16.6. The van der Waals surface area contributed by atoms with Crippen molar-refractivity contribution in [2.24, 2.45) is 5.41 Å². The van der Waals surface area contributed by atoms with Crippen LogP contribution < -0.4 is 9.47 Å². The lowest BCUT2D eigenvalue weighted by Gasteiger charge is -2.26. The fourth-order valence-electron chi connectivity index (χ4n) is 4.15. The highest BCUT2D eigenvalue weighted by Gasteiger charge is 2.56. The molecule has 0 heterocycles. The van der Waals surface area contributed by atoms with Crippen molar-refractivity contribution in [1.82, 2.24) is 0 Å². The number of unbranched alkanes of at least 4 members (excludes halogenated alkanes) is 3. The van der Waals surface area contributed by atoms with Gasteiger partial charge in [-0.1, -0.05) is 25.3 Å². The van der Waals surface area contributed by atoms with E-state index in [1.807, 2.05) is 0 Å².